The van der Waals surface area contributed by atoms with E-state index in [0.717, 1.165) is 15.8 Å². The van der Waals surface area contributed by atoms with Gasteiger partial charge < -0.3 is 14.6 Å². The van der Waals surface area contributed by atoms with Gasteiger partial charge in [-0.05, 0) is 30.3 Å². The molecule has 0 bridgehead atoms. The number of methoxy groups -OCH3 is 1. The first-order chi connectivity index (χ1) is 10.0. The van der Waals surface area contributed by atoms with Crippen LogP contribution in [0.4, 0.5) is 0 Å². The third-order valence-electron chi connectivity index (χ3n) is 2.88. The standard InChI is InChI=1S/C15H13BrCl2O3/c1-20-12-2-3-13(16)10(5-12)8-21-15-9(7-19)4-11(17)6-14(15)18/h2-6,19H,7-8H2,1H3. The van der Waals surface area contributed by atoms with Crippen LogP contribution < -0.4 is 9.47 Å². The van der Waals surface area contributed by atoms with Crippen LogP contribution in [0, 0.1) is 0 Å². The molecule has 0 heterocycles. The van der Waals surface area contributed by atoms with Gasteiger partial charge in [-0.25, -0.2) is 0 Å². The minimum Gasteiger partial charge on any atom is -0.497 e. The Balaban J connectivity index is 2.24. The van der Waals surface area contributed by atoms with E-state index >= 15 is 0 Å². The summed E-state index contributed by atoms with van der Waals surface area (Å²) in [7, 11) is 1.60. The molecule has 6 heteroatoms. The molecule has 0 aliphatic heterocycles. The van der Waals surface area contributed by atoms with Gasteiger partial charge in [0.05, 0.1) is 18.7 Å². The molecule has 112 valence electrons. The van der Waals surface area contributed by atoms with E-state index < -0.39 is 0 Å². The molecule has 0 saturated carbocycles. The highest BCUT2D eigenvalue weighted by Gasteiger charge is 2.11. The maximum Gasteiger partial charge on any atom is 0.144 e. The van der Waals surface area contributed by atoms with E-state index in [2.05, 4.69) is 15.9 Å². The number of halogens is 3. The van der Waals surface area contributed by atoms with Gasteiger partial charge in [-0.2, -0.15) is 0 Å². The van der Waals surface area contributed by atoms with Crippen LogP contribution in [0.5, 0.6) is 11.5 Å². The van der Waals surface area contributed by atoms with Crippen molar-refractivity contribution in [1.82, 2.24) is 0 Å². The third-order valence-corrected chi connectivity index (χ3v) is 4.15. The summed E-state index contributed by atoms with van der Waals surface area (Å²) in [5, 5.41) is 10.2. The average molecular weight is 392 g/mol. The first-order valence-electron chi connectivity index (χ1n) is 6.09. The Morgan fingerprint density at radius 3 is 2.57 bits per heavy atom. The van der Waals surface area contributed by atoms with Crippen molar-refractivity contribution in [3.05, 3.63) is 56.0 Å². The fourth-order valence-electron chi connectivity index (χ4n) is 1.83. The topological polar surface area (TPSA) is 38.7 Å². The minimum atomic E-state index is -0.200. The van der Waals surface area contributed by atoms with Crippen molar-refractivity contribution < 1.29 is 14.6 Å². The lowest BCUT2D eigenvalue weighted by molar-refractivity contribution is 0.258. The Kier molecular flexibility index (Phi) is 5.76. The average Bonchev–Trinajstić information content (AvgIpc) is 2.47. The molecule has 2 aromatic rings. The SMILES string of the molecule is COc1ccc(Br)c(COc2c(Cl)cc(Cl)cc2CO)c1. The van der Waals surface area contributed by atoms with Crippen molar-refractivity contribution in [2.24, 2.45) is 0 Å². The van der Waals surface area contributed by atoms with Crippen LogP contribution in [0.1, 0.15) is 11.1 Å². The van der Waals surface area contributed by atoms with Gasteiger partial charge in [-0.1, -0.05) is 39.1 Å². The van der Waals surface area contributed by atoms with Gasteiger partial charge in [0.2, 0.25) is 0 Å². The summed E-state index contributed by atoms with van der Waals surface area (Å²) in [5.41, 5.74) is 1.45. The van der Waals surface area contributed by atoms with Crippen molar-refractivity contribution >= 4 is 39.1 Å². The predicted octanol–water partition coefficient (Wildman–Crippen LogP) is 4.84. The van der Waals surface area contributed by atoms with Gasteiger partial charge in [0.1, 0.15) is 18.1 Å². The molecule has 2 rings (SSSR count). The minimum absolute atomic E-state index is 0.200. The van der Waals surface area contributed by atoms with E-state index in [4.69, 9.17) is 32.7 Å². The molecule has 0 aliphatic rings. The van der Waals surface area contributed by atoms with Crippen LogP contribution in [0.3, 0.4) is 0 Å². The lowest BCUT2D eigenvalue weighted by atomic mass is 10.2. The largest absolute Gasteiger partial charge is 0.497 e. The number of hydrogen-bond acceptors (Lipinski definition) is 3. The molecule has 0 fully saturated rings. The van der Waals surface area contributed by atoms with Gasteiger partial charge in [0.25, 0.3) is 0 Å². The molecule has 2 aromatic carbocycles. The van der Waals surface area contributed by atoms with Crippen LogP contribution in [0.2, 0.25) is 10.0 Å². The Labute approximate surface area is 141 Å². The van der Waals surface area contributed by atoms with E-state index in [-0.39, 0.29) is 13.2 Å². The smallest absolute Gasteiger partial charge is 0.144 e. The molecular weight excluding hydrogens is 379 g/mol. The molecule has 21 heavy (non-hydrogen) atoms. The van der Waals surface area contributed by atoms with Crippen molar-refractivity contribution in [3.8, 4) is 11.5 Å². The number of aliphatic hydroxyl groups excluding tert-OH is 1. The molecule has 1 N–H and O–H groups in total. The first-order valence-corrected chi connectivity index (χ1v) is 7.64. The molecule has 0 saturated heterocycles. The highest BCUT2D eigenvalue weighted by molar-refractivity contribution is 9.10. The molecular formula is C15H13BrCl2O3. The summed E-state index contributed by atoms with van der Waals surface area (Å²) in [6.07, 6.45) is 0. The van der Waals surface area contributed by atoms with Crippen molar-refractivity contribution in [2.75, 3.05) is 7.11 Å². The molecule has 3 nitrogen and oxygen atoms in total. The van der Waals surface area contributed by atoms with E-state index in [1.54, 1.807) is 19.2 Å². The molecule has 0 unspecified atom stereocenters. The van der Waals surface area contributed by atoms with Gasteiger partial charge in [-0.15, -0.1) is 0 Å². The lowest BCUT2D eigenvalue weighted by Crippen LogP contribution is -2.01. The van der Waals surface area contributed by atoms with Crippen molar-refractivity contribution in [3.63, 3.8) is 0 Å². The zero-order valence-electron chi connectivity index (χ0n) is 11.2. The maximum absolute atomic E-state index is 9.37. The monoisotopic (exact) mass is 390 g/mol. The van der Waals surface area contributed by atoms with Gasteiger partial charge in [-0.3, -0.25) is 0 Å². The van der Waals surface area contributed by atoms with Crippen molar-refractivity contribution in [1.29, 1.82) is 0 Å². The summed E-state index contributed by atoms with van der Waals surface area (Å²) < 4.78 is 11.8. The zero-order valence-corrected chi connectivity index (χ0v) is 14.3. The first kappa shape index (κ1) is 16.4. The van der Waals surface area contributed by atoms with E-state index in [1.807, 2.05) is 18.2 Å². The van der Waals surface area contributed by atoms with E-state index in [9.17, 15) is 5.11 Å². The Morgan fingerprint density at radius 1 is 1.14 bits per heavy atom. The molecule has 0 atom stereocenters. The van der Waals surface area contributed by atoms with Crippen LogP contribution in [0.15, 0.2) is 34.8 Å². The van der Waals surface area contributed by atoms with Crippen LogP contribution in [-0.2, 0) is 13.2 Å². The third kappa shape index (κ3) is 4.04. The lowest BCUT2D eigenvalue weighted by Gasteiger charge is -2.14. The predicted molar refractivity (Wildman–Crippen MR) is 87.4 cm³/mol. The number of hydrogen-bond donors (Lipinski definition) is 1. The van der Waals surface area contributed by atoms with E-state index in [0.29, 0.717) is 21.4 Å². The molecule has 0 radical (unpaired) electrons. The molecule has 0 amide bonds. The second-order valence-electron chi connectivity index (χ2n) is 4.28. The maximum atomic E-state index is 9.37. The molecule has 0 aromatic heterocycles. The highest BCUT2D eigenvalue weighted by Crippen LogP contribution is 2.34. The molecule has 0 aliphatic carbocycles. The summed E-state index contributed by atoms with van der Waals surface area (Å²) in [6, 6.07) is 8.81. The fourth-order valence-corrected chi connectivity index (χ4v) is 2.78. The quantitative estimate of drug-likeness (QED) is 0.792. The van der Waals surface area contributed by atoms with Gasteiger partial charge in [0.15, 0.2) is 0 Å². The summed E-state index contributed by atoms with van der Waals surface area (Å²) >= 11 is 15.5. The highest BCUT2D eigenvalue weighted by atomic mass is 79.9. The fraction of sp³-hybridized carbons (Fsp3) is 0.200. The molecule has 0 spiro atoms. The van der Waals surface area contributed by atoms with Crippen LogP contribution in [0.25, 0.3) is 0 Å². The number of benzene rings is 2. The van der Waals surface area contributed by atoms with E-state index in [1.165, 1.54) is 0 Å². The van der Waals surface area contributed by atoms with Crippen LogP contribution in [-0.4, -0.2) is 12.2 Å². The summed E-state index contributed by atoms with van der Waals surface area (Å²) in [4.78, 5) is 0. The van der Waals surface area contributed by atoms with Gasteiger partial charge >= 0.3 is 0 Å². The number of aliphatic hydroxyl groups is 1. The Hall–Kier alpha value is -0.940. The van der Waals surface area contributed by atoms with Crippen molar-refractivity contribution in [2.45, 2.75) is 13.2 Å². The second-order valence-corrected chi connectivity index (χ2v) is 5.98. The normalized spacial score (nSPS) is 10.5. The number of ether oxygens (including phenoxy) is 2. The van der Waals surface area contributed by atoms with Crippen LogP contribution >= 0.6 is 39.1 Å². The Morgan fingerprint density at radius 2 is 1.90 bits per heavy atom. The zero-order chi connectivity index (χ0) is 15.4. The number of rotatable bonds is 5. The second kappa shape index (κ2) is 7.36. The van der Waals surface area contributed by atoms with Gasteiger partial charge in [0, 0.05) is 20.6 Å². The summed E-state index contributed by atoms with van der Waals surface area (Å²) in [6.45, 7) is 0.0844. The summed E-state index contributed by atoms with van der Waals surface area (Å²) in [5.74, 6) is 1.17. The Bertz CT molecular complexity index is 647.